The zero-order chi connectivity index (χ0) is 14.4. The van der Waals surface area contributed by atoms with E-state index in [1.54, 1.807) is 0 Å². The predicted octanol–water partition coefficient (Wildman–Crippen LogP) is 1.50. The Morgan fingerprint density at radius 3 is 2.75 bits per heavy atom. The summed E-state index contributed by atoms with van der Waals surface area (Å²) in [7, 11) is 0. The number of benzene rings is 1. The Hall–Kier alpha value is -2.08. The van der Waals surface area contributed by atoms with Crippen LogP contribution >= 0.6 is 0 Å². The first-order valence-electron chi connectivity index (χ1n) is 6.46. The van der Waals surface area contributed by atoms with Crippen LogP contribution < -0.4 is 0 Å². The van der Waals surface area contributed by atoms with Gasteiger partial charge in [-0.3, -0.25) is 4.90 Å². The summed E-state index contributed by atoms with van der Waals surface area (Å²) in [6, 6.07) is 8.37. The van der Waals surface area contributed by atoms with Gasteiger partial charge < -0.3 is 14.6 Å². The maximum Gasteiger partial charge on any atom is 0.410 e. The van der Waals surface area contributed by atoms with Crippen molar-refractivity contribution in [2.45, 2.75) is 19.1 Å². The van der Waals surface area contributed by atoms with E-state index in [0.717, 1.165) is 5.56 Å². The van der Waals surface area contributed by atoms with E-state index in [9.17, 15) is 9.59 Å². The van der Waals surface area contributed by atoms with E-state index in [-0.39, 0.29) is 19.6 Å². The summed E-state index contributed by atoms with van der Waals surface area (Å²) < 4.78 is 10.4. The molecule has 1 aromatic carbocycles. The van der Waals surface area contributed by atoms with Gasteiger partial charge in [0.1, 0.15) is 12.6 Å². The van der Waals surface area contributed by atoms with Crippen LogP contribution in [0.25, 0.3) is 0 Å². The minimum atomic E-state index is -1.04. The highest BCUT2D eigenvalue weighted by Gasteiger charge is 2.32. The van der Waals surface area contributed by atoms with Crippen molar-refractivity contribution in [1.82, 2.24) is 4.90 Å². The number of hydrogen-bond donors (Lipinski definition) is 1. The molecule has 1 saturated heterocycles. The van der Waals surface area contributed by atoms with Crippen LogP contribution in [0.3, 0.4) is 0 Å². The summed E-state index contributed by atoms with van der Waals surface area (Å²) in [6.45, 7) is 1.01. The van der Waals surface area contributed by atoms with Gasteiger partial charge >= 0.3 is 12.1 Å². The van der Waals surface area contributed by atoms with Crippen molar-refractivity contribution >= 4 is 12.1 Å². The summed E-state index contributed by atoms with van der Waals surface area (Å²) in [5.74, 6) is -1.04. The van der Waals surface area contributed by atoms with Crippen molar-refractivity contribution in [3.63, 3.8) is 0 Å². The average Bonchev–Trinajstić information content (AvgIpc) is 2.71. The van der Waals surface area contributed by atoms with E-state index in [1.807, 2.05) is 30.3 Å². The lowest BCUT2D eigenvalue weighted by Gasteiger charge is -2.25. The zero-order valence-electron chi connectivity index (χ0n) is 11.0. The van der Waals surface area contributed by atoms with E-state index in [4.69, 9.17) is 14.6 Å². The third kappa shape index (κ3) is 3.71. The van der Waals surface area contributed by atoms with Crippen LogP contribution in [0.2, 0.25) is 0 Å². The molecule has 108 valence electrons. The SMILES string of the molecule is O=C(O)C1CCOCCN1C(=O)OCc1ccccc1. The molecule has 1 fully saturated rings. The van der Waals surface area contributed by atoms with Gasteiger partial charge in [0.25, 0.3) is 0 Å². The van der Waals surface area contributed by atoms with Gasteiger partial charge in [-0.25, -0.2) is 9.59 Å². The fourth-order valence-corrected chi connectivity index (χ4v) is 2.05. The topological polar surface area (TPSA) is 76.1 Å². The first-order chi connectivity index (χ1) is 9.68. The Balaban J connectivity index is 1.96. The maximum atomic E-state index is 12.0. The molecule has 1 amide bonds. The molecule has 0 aromatic heterocycles. The molecule has 0 radical (unpaired) electrons. The summed E-state index contributed by atoms with van der Waals surface area (Å²) in [5.41, 5.74) is 0.860. The Bertz CT molecular complexity index is 462. The largest absolute Gasteiger partial charge is 0.480 e. The van der Waals surface area contributed by atoms with Crippen LogP contribution in [0.15, 0.2) is 30.3 Å². The van der Waals surface area contributed by atoms with Gasteiger partial charge in [0.15, 0.2) is 0 Å². The number of hydrogen-bond acceptors (Lipinski definition) is 4. The average molecular weight is 279 g/mol. The number of aliphatic carboxylic acids is 1. The second-order valence-corrected chi connectivity index (χ2v) is 4.49. The van der Waals surface area contributed by atoms with E-state index in [0.29, 0.717) is 13.2 Å². The summed E-state index contributed by atoms with van der Waals surface area (Å²) in [5, 5.41) is 9.16. The molecule has 1 aliphatic heterocycles. The fourth-order valence-electron chi connectivity index (χ4n) is 2.05. The third-order valence-electron chi connectivity index (χ3n) is 3.11. The Labute approximate surface area is 116 Å². The normalized spacial score (nSPS) is 19.2. The number of rotatable bonds is 3. The number of amides is 1. The lowest BCUT2D eigenvalue weighted by molar-refractivity contribution is -0.142. The van der Waals surface area contributed by atoms with Crippen molar-refractivity contribution in [2.75, 3.05) is 19.8 Å². The lowest BCUT2D eigenvalue weighted by atomic mass is 10.2. The summed E-state index contributed by atoms with van der Waals surface area (Å²) in [4.78, 5) is 24.4. The second kappa shape index (κ2) is 6.91. The molecule has 6 nitrogen and oxygen atoms in total. The van der Waals surface area contributed by atoms with Crippen LogP contribution in [0.5, 0.6) is 0 Å². The minimum absolute atomic E-state index is 0.128. The molecule has 1 atom stereocenters. The second-order valence-electron chi connectivity index (χ2n) is 4.49. The van der Waals surface area contributed by atoms with Crippen molar-refractivity contribution < 1.29 is 24.2 Å². The van der Waals surface area contributed by atoms with Crippen LogP contribution in [-0.2, 0) is 20.9 Å². The van der Waals surface area contributed by atoms with E-state index in [2.05, 4.69) is 0 Å². The molecule has 1 aromatic rings. The quantitative estimate of drug-likeness (QED) is 0.907. The van der Waals surface area contributed by atoms with E-state index < -0.39 is 18.1 Å². The molecule has 1 unspecified atom stereocenters. The standard InChI is InChI=1S/C14H17NO5/c16-13(17)12-6-8-19-9-7-15(12)14(18)20-10-11-4-2-1-3-5-11/h1-5,12H,6-10H2,(H,16,17). The maximum absolute atomic E-state index is 12.0. The van der Waals surface area contributed by atoms with Crippen LogP contribution in [0.4, 0.5) is 4.79 Å². The van der Waals surface area contributed by atoms with Gasteiger partial charge in [-0.2, -0.15) is 0 Å². The molecular formula is C14H17NO5. The minimum Gasteiger partial charge on any atom is -0.480 e. The highest BCUT2D eigenvalue weighted by Crippen LogP contribution is 2.12. The molecule has 6 heteroatoms. The van der Waals surface area contributed by atoms with Crippen molar-refractivity contribution in [1.29, 1.82) is 0 Å². The molecule has 0 aliphatic carbocycles. The van der Waals surface area contributed by atoms with Crippen molar-refractivity contribution in [2.24, 2.45) is 0 Å². The number of carbonyl (C=O) groups is 2. The van der Waals surface area contributed by atoms with Gasteiger partial charge in [0.05, 0.1) is 6.61 Å². The first kappa shape index (κ1) is 14.3. The smallest absolute Gasteiger partial charge is 0.410 e. The van der Waals surface area contributed by atoms with Crippen LogP contribution in [-0.4, -0.2) is 47.9 Å². The molecule has 0 saturated carbocycles. The monoisotopic (exact) mass is 279 g/mol. The number of nitrogens with zero attached hydrogens (tertiary/aromatic N) is 1. The van der Waals surface area contributed by atoms with Crippen molar-refractivity contribution in [3.8, 4) is 0 Å². The fraction of sp³-hybridized carbons (Fsp3) is 0.429. The van der Waals surface area contributed by atoms with Crippen molar-refractivity contribution in [3.05, 3.63) is 35.9 Å². The number of carboxylic acids is 1. The van der Waals surface area contributed by atoms with Crippen LogP contribution in [0.1, 0.15) is 12.0 Å². The van der Waals surface area contributed by atoms with Crippen LogP contribution in [0, 0.1) is 0 Å². The predicted molar refractivity (Wildman–Crippen MR) is 70.2 cm³/mol. The first-order valence-corrected chi connectivity index (χ1v) is 6.46. The number of carbonyl (C=O) groups excluding carboxylic acids is 1. The van der Waals surface area contributed by atoms with Gasteiger partial charge in [-0.15, -0.1) is 0 Å². The van der Waals surface area contributed by atoms with Gasteiger partial charge in [0.2, 0.25) is 0 Å². The number of ether oxygens (including phenoxy) is 2. The lowest BCUT2D eigenvalue weighted by Crippen LogP contribution is -2.45. The summed E-state index contributed by atoms with van der Waals surface area (Å²) >= 11 is 0. The molecule has 1 aliphatic rings. The van der Waals surface area contributed by atoms with Gasteiger partial charge in [-0.05, 0) is 5.56 Å². The molecular weight excluding hydrogens is 262 g/mol. The molecule has 0 bridgehead atoms. The molecule has 1 N–H and O–H groups in total. The Kier molecular flexibility index (Phi) is 4.95. The highest BCUT2D eigenvalue weighted by atomic mass is 16.6. The van der Waals surface area contributed by atoms with Gasteiger partial charge in [0, 0.05) is 19.6 Å². The highest BCUT2D eigenvalue weighted by molar-refractivity contribution is 5.80. The number of carboxylic acid groups (broad SMARTS) is 1. The van der Waals surface area contributed by atoms with Gasteiger partial charge in [-0.1, -0.05) is 30.3 Å². The molecule has 2 rings (SSSR count). The van der Waals surface area contributed by atoms with E-state index in [1.165, 1.54) is 4.90 Å². The zero-order valence-corrected chi connectivity index (χ0v) is 11.0. The van der Waals surface area contributed by atoms with E-state index >= 15 is 0 Å². The Morgan fingerprint density at radius 1 is 1.30 bits per heavy atom. The Morgan fingerprint density at radius 2 is 2.05 bits per heavy atom. The molecule has 20 heavy (non-hydrogen) atoms. The molecule has 0 spiro atoms. The molecule has 1 heterocycles. The third-order valence-corrected chi connectivity index (χ3v) is 3.11. The summed E-state index contributed by atoms with van der Waals surface area (Å²) in [6.07, 6.45) is -0.345.